The molecule has 1 unspecified atom stereocenters. The summed E-state index contributed by atoms with van der Waals surface area (Å²) in [5, 5.41) is 7.44. The highest BCUT2D eigenvalue weighted by Gasteiger charge is 2.32. The first-order valence-electron chi connectivity index (χ1n) is 10.8. The maximum Gasteiger partial charge on any atom is 0.414 e. The molecule has 1 fully saturated rings. The first kappa shape index (κ1) is 20.8. The predicted molar refractivity (Wildman–Crippen MR) is 126 cm³/mol. The molecule has 0 aliphatic carbocycles. The van der Waals surface area contributed by atoms with Crippen molar-refractivity contribution in [3.63, 3.8) is 0 Å². The number of rotatable bonds is 7. The van der Waals surface area contributed by atoms with Gasteiger partial charge in [0.15, 0.2) is 0 Å². The summed E-state index contributed by atoms with van der Waals surface area (Å²) >= 11 is 1.50. The van der Waals surface area contributed by atoms with Gasteiger partial charge in [-0.2, -0.15) is 0 Å². The van der Waals surface area contributed by atoms with Gasteiger partial charge in [0.05, 0.1) is 23.5 Å². The summed E-state index contributed by atoms with van der Waals surface area (Å²) < 4.78 is 5.55. The molecule has 1 saturated heterocycles. The summed E-state index contributed by atoms with van der Waals surface area (Å²) in [7, 11) is 0. The van der Waals surface area contributed by atoms with Gasteiger partial charge < -0.3 is 15.4 Å². The first-order valence-corrected chi connectivity index (χ1v) is 11.7. The Kier molecular flexibility index (Phi) is 5.96. The van der Waals surface area contributed by atoms with Gasteiger partial charge >= 0.3 is 6.09 Å². The van der Waals surface area contributed by atoms with E-state index >= 15 is 0 Å². The Morgan fingerprint density at radius 2 is 2.03 bits per heavy atom. The number of benzene rings is 2. The molecule has 0 saturated carbocycles. The third kappa shape index (κ3) is 4.56. The number of pyridine rings is 1. The van der Waals surface area contributed by atoms with Crippen LogP contribution in [-0.4, -0.2) is 48.5 Å². The van der Waals surface area contributed by atoms with Crippen LogP contribution in [0.25, 0.3) is 10.9 Å². The Morgan fingerprint density at radius 3 is 2.97 bits per heavy atom. The lowest BCUT2D eigenvalue weighted by Gasteiger charge is -2.20. The third-order valence-corrected chi connectivity index (χ3v) is 6.71. The molecule has 32 heavy (non-hydrogen) atoms. The first-order chi connectivity index (χ1) is 15.7. The van der Waals surface area contributed by atoms with E-state index in [1.165, 1.54) is 11.8 Å². The monoisotopic (exact) mass is 448 g/mol. The fraction of sp³-hybridized carbons (Fsp3) is 0.292. The molecule has 0 radical (unpaired) electrons. The van der Waals surface area contributed by atoms with E-state index in [4.69, 9.17) is 9.72 Å². The van der Waals surface area contributed by atoms with Gasteiger partial charge in [-0.15, -0.1) is 11.8 Å². The molecule has 164 valence electrons. The number of amides is 2. The van der Waals surface area contributed by atoms with Crippen LogP contribution in [0.2, 0.25) is 0 Å². The van der Waals surface area contributed by atoms with Crippen molar-refractivity contribution in [1.29, 1.82) is 0 Å². The molecule has 1 atom stereocenters. The number of nitrogens with zero attached hydrogens (tertiary/aromatic N) is 2. The van der Waals surface area contributed by atoms with Crippen molar-refractivity contribution in [2.75, 3.05) is 35.6 Å². The van der Waals surface area contributed by atoms with Crippen molar-refractivity contribution >= 4 is 46.0 Å². The largest absolute Gasteiger partial charge is 0.444 e. The molecule has 2 aliphatic heterocycles. The molecule has 3 aromatic rings. The topological polar surface area (TPSA) is 83.6 Å². The van der Waals surface area contributed by atoms with Gasteiger partial charge in [0.2, 0.25) is 5.91 Å². The van der Waals surface area contributed by atoms with E-state index < -0.39 is 0 Å². The average molecular weight is 449 g/mol. The third-order valence-electron chi connectivity index (χ3n) is 5.64. The number of carbonyl (C=O) groups is 2. The molecule has 1 aromatic heterocycles. The van der Waals surface area contributed by atoms with Crippen LogP contribution < -0.4 is 15.5 Å². The molecule has 5 rings (SSSR count). The lowest BCUT2D eigenvalue weighted by Crippen LogP contribution is -2.27. The fourth-order valence-corrected chi connectivity index (χ4v) is 4.76. The van der Waals surface area contributed by atoms with Crippen molar-refractivity contribution < 1.29 is 14.3 Å². The van der Waals surface area contributed by atoms with E-state index in [0.717, 1.165) is 58.8 Å². The minimum absolute atomic E-state index is 0.0218. The van der Waals surface area contributed by atoms with Crippen LogP contribution in [0.3, 0.4) is 0 Å². The number of fused-ring (bicyclic) bond motifs is 2. The van der Waals surface area contributed by atoms with Gasteiger partial charge in [-0.25, -0.2) is 4.79 Å². The van der Waals surface area contributed by atoms with Crippen molar-refractivity contribution in [3.05, 3.63) is 60.3 Å². The van der Waals surface area contributed by atoms with Gasteiger partial charge in [-0.3, -0.25) is 14.7 Å². The van der Waals surface area contributed by atoms with Crippen molar-refractivity contribution in [2.24, 2.45) is 0 Å². The van der Waals surface area contributed by atoms with Gasteiger partial charge in [-0.05, 0) is 43.3 Å². The summed E-state index contributed by atoms with van der Waals surface area (Å²) in [6.07, 6.45) is 1.09. The smallest absolute Gasteiger partial charge is 0.414 e. The zero-order valence-corrected chi connectivity index (χ0v) is 18.4. The van der Waals surface area contributed by atoms with Crippen LogP contribution in [-0.2, 0) is 16.0 Å². The molecule has 2 amide bonds. The minimum Gasteiger partial charge on any atom is -0.444 e. The van der Waals surface area contributed by atoms with E-state index in [1.807, 2.05) is 36.4 Å². The number of hydrogen-bond donors (Lipinski definition) is 2. The highest BCUT2D eigenvalue weighted by atomic mass is 32.2. The summed E-state index contributed by atoms with van der Waals surface area (Å²) in [6.45, 7) is 2.08. The van der Waals surface area contributed by atoms with Crippen molar-refractivity contribution in [1.82, 2.24) is 10.3 Å². The maximum absolute atomic E-state index is 12.4. The minimum atomic E-state index is -0.342. The van der Waals surface area contributed by atoms with E-state index in [2.05, 4.69) is 28.8 Å². The Bertz CT molecular complexity index is 1170. The van der Waals surface area contributed by atoms with Crippen molar-refractivity contribution in [2.45, 2.75) is 23.8 Å². The van der Waals surface area contributed by atoms with Gasteiger partial charge in [0, 0.05) is 34.6 Å². The molecule has 7 nitrogen and oxygen atoms in total. The zero-order valence-electron chi connectivity index (χ0n) is 17.5. The summed E-state index contributed by atoms with van der Waals surface area (Å²) in [6, 6.07) is 18.0. The van der Waals surface area contributed by atoms with E-state index in [0.29, 0.717) is 12.3 Å². The number of anilines is 2. The fourth-order valence-electron chi connectivity index (χ4n) is 3.97. The second kappa shape index (κ2) is 9.18. The number of thioether (sulfide) groups is 1. The Morgan fingerprint density at radius 1 is 1.12 bits per heavy atom. The lowest BCUT2D eigenvalue weighted by molar-refractivity contribution is -0.113. The van der Waals surface area contributed by atoms with Crippen LogP contribution in [0.15, 0.2) is 59.5 Å². The van der Waals surface area contributed by atoms with Gasteiger partial charge in [0.25, 0.3) is 0 Å². The molecule has 0 spiro atoms. The van der Waals surface area contributed by atoms with Crippen LogP contribution in [0.1, 0.15) is 12.1 Å². The normalized spacial score (nSPS) is 17.9. The Balaban J connectivity index is 1.10. The number of aromatic nitrogens is 1. The number of nitrogens with one attached hydrogen (secondary N) is 2. The Hall–Kier alpha value is -3.10. The van der Waals surface area contributed by atoms with Crippen molar-refractivity contribution in [3.8, 4) is 0 Å². The summed E-state index contributed by atoms with van der Waals surface area (Å²) in [5.41, 5.74) is 3.58. The highest BCUT2D eigenvalue weighted by Crippen LogP contribution is 2.35. The second-order valence-electron chi connectivity index (χ2n) is 7.92. The van der Waals surface area contributed by atoms with Gasteiger partial charge in [-0.1, -0.05) is 24.3 Å². The molecule has 8 heteroatoms. The zero-order chi connectivity index (χ0) is 21.9. The molecular formula is C24H24N4O3S. The second-order valence-corrected chi connectivity index (χ2v) is 8.93. The predicted octanol–water partition coefficient (Wildman–Crippen LogP) is 3.83. The molecular weight excluding hydrogens is 424 g/mol. The molecule has 2 aliphatic rings. The molecule has 2 N–H and O–H groups in total. The highest BCUT2D eigenvalue weighted by molar-refractivity contribution is 8.00. The molecule has 3 heterocycles. The van der Waals surface area contributed by atoms with Crippen LogP contribution in [0, 0.1) is 0 Å². The molecule has 2 aromatic carbocycles. The number of para-hydroxylation sites is 1. The van der Waals surface area contributed by atoms with Crippen LogP contribution in [0.4, 0.5) is 16.2 Å². The number of cyclic esters (lactones) is 1. The van der Waals surface area contributed by atoms with E-state index in [1.54, 1.807) is 4.90 Å². The Labute approximate surface area is 190 Å². The van der Waals surface area contributed by atoms with Gasteiger partial charge in [0.1, 0.15) is 6.10 Å². The standard InChI is InChI=1S/C24H24N4O3S/c29-23-15-32-22-8-7-18(13-21(22)27-23)28-14-19(31-24(28)30)10-12-25-11-9-17-6-5-16-3-1-2-4-20(16)26-17/h1-8,13,19,25H,9-12,14-15H2,(H,27,29). The number of carbonyl (C=O) groups excluding carboxylic acids is 2. The summed E-state index contributed by atoms with van der Waals surface area (Å²) in [4.78, 5) is 31.4. The summed E-state index contributed by atoms with van der Waals surface area (Å²) in [5.74, 6) is 0.399. The van der Waals surface area contributed by atoms with Crippen LogP contribution in [0.5, 0.6) is 0 Å². The molecule has 0 bridgehead atoms. The van der Waals surface area contributed by atoms with Crippen LogP contribution >= 0.6 is 11.8 Å². The van der Waals surface area contributed by atoms with E-state index in [9.17, 15) is 9.59 Å². The number of hydrogen-bond acceptors (Lipinski definition) is 6. The number of ether oxygens (including phenoxy) is 1. The lowest BCUT2D eigenvalue weighted by atomic mass is 10.2. The van der Waals surface area contributed by atoms with E-state index in [-0.39, 0.29) is 18.1 Å². The SMILES string of the molecule is O=C1CSc2ccc(N3CC(CCNCCc4ccc5ccccc5n4)OC3=O)cc2N1. The maximum atomic E-state index is 12.4. The average Bonchev–Trinajstić information content (AvgIpc) is 3.18. The quantitative estimate of drug-likeness (QED) is 0.535.